The molecule has 0 saturated heterocycles. The molecular weight excluding hydrogens is 174 g/mol. The maximum Gasteiger partial charge on any atom is 0.255 e. The fraction of sp³-hybridized carbons (Fsp3) is 0.0833. The van der Waals surface area contributed by atoms with E-state index in [0.717, 1.165) is 10.9 Å². The van der Waals surface area contributed by atoms with Crippen molar-refractivity contribution in [3.63, 3.8) is 0 Å². The van der Waals surface area contributed by atoms with Crippen molar-refractivity contribution in [1.82, 2.24) is 4.98 Å². The predicted octanol–water partition coefficient (Wildman–Crippen LogP) is 1.70. The summed E-state index contributed by atoms with van der Waals surface area (Å²) in [6.45, 7) is 0. The Balaban J connectivity index is 2.83. The van der Waals surface area contributed by atoms with Gasteiger partial charge in [0.1, 0.15) is 0 Å². The highest BCUT2D eigenvalue weighted by molar-refractivity contribution is 5.84. The zero-order valence-corrected chi connectivity index (χ0v) is 7.58. The zero-order chi connectivity index (χ0) is 9.97. The smallest absolute Gasteiger partial charge is 0.255 e. The lowest BCUT2D eigenvalue weighted by atomic mass is 10.0. The van der Waals surface area contributed by atoms with Crippen molar-refractivity contribution in [3.8, 4) is 12.3 Å². The van der Waals surface area contributed by atoms with E-state index in [1.54, 1.807) is 12.3 Å². The molecule has 2 rings (SSSR count). The summed E-state index contributed by atoms with van der Waals surface area (Å²) in [7, 11) is 0. The highest BCUT2D eigenvalue weighted by Crippen LogP contribution is 2.14. The van der Waals surface area contributed by atoms with Crippen molar-refractivity contribution >= 4 is 10.8 Å². The van der Waals surface area contributed by atoms with Gasteiger partial charge in [-0.1, -0.05) is 12.1 Å². The molecule has 0 radical (unpaired) electrons. The van der Waals surface area contributed by atoms with Gasteiger partial charge in [-0.25, -0.2) is 0 Å². The Bertz CT molecular complexity index is 560. The number of aromatic nitrogens is 1. The first-order chi connectivity index (χ1) is 6.83. The lowest BCUT2D eigenvalue weighted by molar-refractivity contribution is 1.26. The van der Waals surface area contributed by atoms with Crippen LogP contribution in [0.15, 0.2) is 35.3 Å². The fourth-order valence-corrected chi connectivity index (χ4v) is 1.55. The molecule has 0 fully saturated rings. The maximum atomic E-state index is 11.4. The predicted molar refractivity (Wildman–Crippen MR) is 57.1 cm³/mol. The summed E-state index contributed by atoms with van der Waals surface area (Å²) in [6, 6.07) is 7.48. The van der Waals surface area contributed by atoms with Gasteiger partial charge in [0.2, 0.25) is 0 Å². The van der Waals surface area contributed by atoms with Crippen molar-refractivity contribution in [1.29, 1.82) is 0 Å². The summed E-state index contributed by atoms with van der Waals surface area (Å²) < 4.78 is 0. The Morgan fingerprint density at radius 1 is 1.29 bits per heavy atom. The van der Waals surface area contributed by atoms with Gasteiger partial charge in [0.05, 0.1) is 0 Å². The molecule has 0 aliphatic rings. The summed E-state index contributed by atoms with van der Waals surface area (Å²) in [5.41, 5.74) is 0.956. The van der Waals surface area contributed by atoms with E-state index in [1.807, 2.05) is 18.2 Å². The molecule has 1 N–H and O–H groups in total. The molecule has 2 heteroatoms. The molecule has 2 nitrogen and oxygen atoms in total. The second-order valence-electron chi connectivity index (χ2n) is 3.07. The monoisotopic (exact) mass is 183 g/mol. The van der Waals surface area contributed by atoms with Crippen molar-refractivity contribution in [2.45, 2.75) is 6.42 Å². The van der Waals surface area contributed by atoms with Gasteiger partial charge in [0.15, 0.2) is 0 Å². The standard InChI is InChI=1S/C12H9NO/c1-2-4-9-5-3-6-11-10(9)7-8-13-12(11)14/h1,3,5-8H,4H2,(H,13,14). The second kappa shape index (κ2) is 3.39. The molecule has 0 aliphatic carbocycles. The van der Waals surface area contributed by atoms with Crippen LogP contribution in [0.1, 0.15) is 5.56 Å². The Kier molecular flexibility index (Phi) is 2.08. The van der Waals surface area contributed by atoms with Crippen molar-refractivity contribution in [3.05, 3.63) is 46.4 Å². The lowest BCUT2D eigenvalue weighted by Crippen LogP contribution is -2.05. The number of rotatable bonds is 1. The fourth-order valence-electron chi connectivity index (χ4n) is 1.55. The number of H-pyrrole nitrogens is 1. The van der Waals surface area contributed by atoms with Crippen LogP contribution in [0.25, 0.3) is 10.8 Å². The Morgan fingerprint density at radius 2 is 2.14 bits per heavy atom. The van der Waals surface area contributed by atoms with Crippen molar-refractivity contribution in [2.75, 3.05) is 0 Å². The van der Waals surface area contributed by atoms with Crippen LogP contribution >= 0.6 is 0 Å². The highest BCUT2D eigenvalue weighted by atomic mass is 16.1. The van der Waals surface area contributed by atoms with Crippen LogP contribution < -0.4 is 5.56 Å². The lowest BCUT2D eigenvalue weighted by Gasteiger charge is -2.01. The number of benzene rings is 1. The first-order valence-corrected chi connectivity index (χ1v) is 4.35. The third kappa shape index (κ3) is 1.29. The molecule has 1 aromatic heterocycles. The van der Waals surface area contributed by atoms with E-state index < -0.39 is 0 Å². The largest absolute Gasteiger partial charge is 0.329 e. The van der Waals surface area contributed by atoms with E-state index in [-0.39, 0.29) is 5.56 Å². The SMILES string of the molecule is C#CCc1cccc2c(=O)[nH]ccc12. The minimum atomic E-state index is -0.0682. The van der Waals surface area contributed by atoms with E-state index in [0.29, 0.717) is 11.8 Å². The normalized spacial score (nSPS) is 9.93. The molecule has 0 bridgehead atoms. The Hall–Kier alpha value is -2.01. The molecule has 0 atom stereocenters. The number of pyridine rings is 1. The van der Waals surface area contributed by atoms with Crippen LogP contribution in [0, 0.1) is 12.3 Å². The van der Waals surface area contributed by atoms with E-state index in [2.05, 4.69) is 10.9 Å². The quantitative estimate of drug-likeness (QED) is 0.671. The summed E-state index contributed by atoms with van der Waals surface area (Å²) in [5, 5.41) is 1.63. The molecule has 0 saturated carbocycles. The second-order valence-corrected chi connectivity index (χ2v) is 3.07. The Labute approximate surface area is 81.6 Å². The Morgan fingerprint density at radius 3 is 2.93 bits per heavy atom. The zero-order valence-electron chi connectivity index (χ0n) is 7.58. The van der Waals surface area contributed by atoms with Gasteiger partial charge in [-0.3, -0.25) is 4.79 Å². The summed E-state index contributed by atoms with van der Waals surface area (Å²) in [5.74, 6) is 2.58. The van der Waals surface area contributed by atoms with Crippen LogP contribution in [0.5, 0.6) is 0 Å². The number of aromatic amines is 1. The molecular formula is C12H9NO. The van der Waals surface area contributed by atoms with Gasteiger partial charge < -0.3 is 4.98 Å². The average molecular weight is 183 g/mol. The number of hydrogen-bond donors (Lipinski definition) is 1. The van der Waals surface area contributed by atoms with E-state index in [1.165, 1.54) is 0 Å². The van der Waals surface area contributed by atoms with Crippen LogP contribution in [0.4, 0.5) is 0 Å². The van der Waals surface area contributed by atoms with Gasteiger partial charge in [-0.05, 0) is 23.1 Å². The van der Waals surface area contributed by atoms with Crippen LogP contribution in [-0.2, 0) is 6.42 Å². The number of terminal acetylenes is 1. The summed E-state index contributed by atoms with van der Waals surface area (Å²) in [4.78, 5) is 14.1. The van der Waals surface area contributed by atoms with Crippen LogP contribution in [-0.4, -0.2) is 4.98 Å². The molecule has 0 spiro atoms. The topological polar surface area (TPSA) is 32.9 Å². The molecule has 2 aromatic rings. The molecule has 0 amide bonds. The number of hydrogen-bond acceptors (Lipinski definition) is 1. The van der Waals surface area contributed by atoms with Crippen LogP contribution in [0.2, 0.25) is 0 Å². The molecule has 1 aromatic carbocycles. The molecule has 14 heavy (non-hydrogen) atoms. The van der Waals surface area contributed by atoms with Gasteiger partial charge >= 0.3 is 0 Å². The third-order valence-electron chi connectivity index (χ3n) is 2.20. The minimum Gasteiger partial charge on any atom is -0.329 e. The average Bonchev–Trinajstić information content (AvgIpc) is 2.20. The molecule has 0 aliphatic heterocycles. The minimum absolute atomic E-state index is 0.0682. The first kappa shape index (κ1) is 8.58. The molecule has 0 unspecified atom stereocenters. The van der Waals surface area contributed by atoms with E-state index >= 15 is 0 Å². The maximum absolute atomic E-state index is 11.4. The summed E-state index contributed by atoms with van der Waals surface area (Å²) >= 11 is 0. The first-order valence-electron chi connectivity index (χ1n) is 4.35. The number of nitrogens with one attached hydrogen (secondary N) is 1. The van der Waals surface area contributed by atoms with Gasteiger partial charge in [-0.15, -0.1) is 12.3 Å². The summed E-state index contributed by atoms with van der Waals surface area (Å²) in [6.07, 6.45) is 7.45. The third-order valence-corrected chi connectivity index (χ3v) is 2.20. The van der Waals surface area contributed by atoms with Crippen molar-refractivity contribution < 1.29 is 0 Å². The molecule has 1 heterocycles. The van der Waals surface area contributed by atoms with Crippen LogP contribution in [0.3, 0.4) is 0 Å². The molecule has 68 valence electrons. The highest BCUT2D eigenvalue weighted by Gasteiger charge is 2.01. The van der Waals surface area contributed by atoms with Gasteiger partial charge in [-0.2, -0.15) is 0 Å². The van der Waals surface area contributed by atoms with E-state index in [9.17, 15) is 4.79 Å². The number of fused-ring (bicyclic) bond motifs is 1. The van der Waals surface area contributed by atoms with Crippen molar-refractivity contribution in [2.24, 2.45) is 0 Å². The van der Waals surface area contributed by atoms with Gasteiger partial charge in [0.25, 0.3) is 5.56 Å². The van der Waals surface area contributed by atoms with Gasteiger partial charge in [0, 0.05) is 18.0 Å². The van der Waals surface area contributed by atoms with E-state index in [4.69, 9.17) is 6.42 Å².